The van der Waals surface area contributed by atoms with Crippen LogP contribution in [0.4, 0.5) is 0 Å². The molecule has 0 radical (unpaired) electrons. The highest BCUT2D eigenvalue weighted by Crippen LogP contribution is 2.35. The monoisotopic (exact) mass is 205 g/mol. The quantitative estimate of drug-likeness (QED) is 0.818. The van der Waals surface area contributed by atoms with Crippen LogP contribution in [0, 0.1) is 0 Å². The van der Waals surface area contributed by atoms with Crippen molar-refractivity contribution in [1.29, 1.82) is 0 Å². The van der Waals surface area contributed by atoms with E-state index >= 15 is 0 Å². The molecular weight excluding hydrogens is 186 g/mol. The summed E-state index contributed by atoms with van der Waals surface area (Å²) in [6, 6.07) is 9.33. The summed E-state index contributed by atoms with van der Waals surface area (Å²) >= 11 is 0. The van der Waals surface area contributed by atoms with Crippen molar-refractivity contribution in [2.24, 2.45) is 0 Å². The van der Waals surface area contributed by atoms with E-state index in [0.29, 0.717) is 18.0 Å². The van der Waals surface area contributed by atoms with Crippen LogP contribution in [0.1, 0.15) is 32.3 Å². The minimum Gasteiger partial charge on any atom is -0.493 e. The van der Waals surface area contributed by atoms with Crippen LogP contribution in [0.5, 0.6) is 5.75 Å². The van der Waals surface area contributed by atoms with Gasteiger partial charge in [0.05, 0.1) is 6.61 Å². The van der Waals surface area contributed by atoms with Gasteiger partial charge in [0.25, 0.3) is 0 Å². The molecule has 1 N–H and O–H groups in total. The molecule has 1 heterocycles. The molecule has 0 saturated carbocycles. The average Bonchev–Trinajstić information content (AvgIpc) is 2.59. The summed E-state index contributed by atoms with van der Waals surface area (Å²) in [5, 5.41) is 3.55. The molecule has 2 nitrogen and oxygen atoms in total. The standard InChI is InChI=1S/C13H19NO/c1-9(2)14-10(3)12-8-15-13-7-5-4-6-11(12)13/h4-7,9-10,12,14H,8H2,1-3H3. The van der Waals surface area contributed by atoms with Crippen molar-refractivity contribution in [2.45, 2.75) is 38.8 Å². The van der Waals surface area contributed by atoms with Crippen molar-refractivity contribution < 1.29 is 4.74 Å². The van der Waals surface area contributed by atoms with E-state index in [1.165, 1.54) is 5.56 Å². The normalized spacial score (nSPS) is 21.2. The molecule has 2 unspecified atom stereocenters. The van der Waals surface area contributed by atoms with Crippen molar-refractivity contribution in [2.75, 3.05) is 6.61 Å². The SMILES string of the molecule is CC(C)NC(C)C1COc2ccccc21. The highest BCUT2D eigenvalue weighted by molar-refractivity contribution is 5.40. The molecule has 0 aliphatic carbocycles. The molecule has 15 heavy (non-hydrogen) atoms. The molecule has 1 aliphatic rings. The summed E-state index contributed by atoms with van der Waals surface area (Å²) < 4.78 is 5.67. The number of benzene rings is 1. The predicted octanol–water partition coefficient (Wildman–Crippen LogP) is 2.55. The molecule has 0 spiro atoms. The van der Waals surface area contributed by atoms with Gasteiger partial charge in [-0.2, -0.15) is 0 Å². The molecule has 0 bridgehead atoms. The van der Waals surface area contributed by atoms with Crippen molar-refractivity contribution >= 4 is 0 Å². The molecule has 1 aromatic carbocycles. The summed E-state index contributed by atoms with van der Waals surface area (Å²) in [6.45, 7) is 7.40. The summed E-state index contributed by atoms with van der Waals surface area (Å²) in [4.78, 5) is 0. The molecule has 0 saturated heterocycles. The third-order valence-corrected chi connectivity index (χ3v) is 2.94. The maximum atomic E-state index is 5.67. The van der Waals surface area contributed by atoms with Crippen LogP contribution in [0.2, 0.25) is 0 Å². The van der Waals surface area contributed by atoms with Gasteiger partial charge < -0.3 is 10.1 Å². The van der Waals surface area contributed by atoms with E-state index in [4.69, 9.17) is 4.74 Å². The molecule has 82 valence electrons. The molecule has 2 heteroatoms. The van der Waals surface area contributed by atoms with Crippen LogP contribution < -0.4 is 10.1 Å². The molecule has 2 atom stereocenters. The molecule has 0 aromatic heterocycles. The number of hydrogen-bond donors (Lipinski definition) is 1. The second-order valence-corrected chi connectivity index (χ2v) is 4.57. The van der Waals surface area contributed by atoms with Crippen LogP contribution in [0.25, 0.3) is 0 Å². The van der Waals surface area contributed by atoms with Crippen molar-refractivity contribution in [3.63, 3.8) is 0 Å². The third kappa shape index (κ3) is 2.15. The van der Waals surface area contributed by atoms with E-state index in [-0.39, 0.29) is 0 Å². The molecule has 1 aliphatic heterocycles. The first-order valence-corrected chi connectivity index (χ1v) is 5.66. The van der Waals surface area contributed by atoms with E-state index < -0.39 is 0 Å². The Labute approximate surface area is 91.6 Å². The fourth-order valence-corrected chi connectivity index (χ4v) is 2.24. The van der Waals surface area contributed by atoms with Crippen LogP contribution in [0.15, 0.2) is 24.3 Å². The third-order valence-electron chi connectivity index (χ3n) is 2.94. The van der Waals surface area contributed by atoms with Gasteiger partial charge in [0.2, 0.25) is 0 Å². The van der Waals surface area contributed by atoms with E-state index in [1.54, 1.807) is 0 Å². The number of nitrogens with one attached hydrogen (secondary N) is 1. The highest BCUT2D eigenvalue weighted by atomic mass is 16.5. The van der Waals surface area contributed by atoms with Gasteiger partial charge in [-0.3, -0.25) is 0 Å². The maximum absolute atomic E-state index is 5.67. The zero-order chi connectivity index (χ0) is 10.8. The molecule has 0 amide bonds. The van der Waals surface area contributed by atoms with E-state index in [1.807, 2.05) is 6.07 Å². The van der Waals surface area contributed by atoms with Crippen LogP contribution in [-0.2, 0) is 0 Å². The van der Waals surface area contributed by atoms with Gasteiger partial charge >= 0.3 is 0 Å². The molecular formula is C13H19NO. The number of ether oxygens (including phenoxy) is 1. The summed E-state index contributed by atoms with van der Waals surface area (Å²) in [5.41, 5.74) is 1.35. The van der Waals surface area contributed by atoms with Crippen LogP contribution in [0.3, 0.4) is 0 Å². The second-order valence-electron chi connectivity index (χ2n) is 4.57. The molecule has 0 fully saturated rings. The lowest BCUT2D eigenvalue weighted by molar-refractivity contribution is 0.298. The number of hydrogen-bond acceptors (Lipinski definition) is 2. The largest absolute Gasteiger partial charge is 0.493 e. The van der Waals surface area contributed by atoms with E-state index in [2.05, 4.69) is 44.3 Å². The lowest BCUT2D eigenvalue weighted by Crippen LogP contribution is -2.37. The molecule has 1 aromatic rings. The maximum Gasteiger partial charge on any atom is 0.122 e. The van der Waals surface area contributed by atoms with Gasteiger partial charge in [-0.15, -0.1) is 0 Å². The van der Waals surface area contributed by atoms with Crippen LogP contribution in [-0.4, -0.2) is 18.7 Å². The summed E-state index contributed by atoms with van der Waals surface area (Å²) in [5.74, 6) is 1.54. The zero-order valence-corrected chi connectivity index (χ0v) is 9.66. The Hall–Kier alpha value is -1.02. The lowest BCUT2D eigenvalue weighted by atomic mass is 9.94. The van der Waals surface area contributed by atoms with Crippen molar-refractivity contribution in [1.82, 2.24) is 5.32 Å². The Morgan fingerprint density at radius 3 is 2.73 bits per heavy atom. The number of fused-ring (bicyclic) bond motifs is 1. The zero-order valence-electron chi connectivity index (χ0n) is 9.66. The smallest absolute Gasteiger partial charge is 0.122 e. The topological polar surface area (TPSA) is 21.3 Å². The second kappa shape index (κ2) is 4.23. The lowest BCUT2D eigenvalue weighted by Gasteiger charge is -2.22. The average molecular weight is 205 g/mol. The van der Waals surface area contributed by atoms with Gasteiger partial charge in [-0.25, -0.2) is 0 Å². The van der Waals surface area contributed by atoms with Gasteiger partial charge in [-0.1, -0.05) is 32.0 Å². The van der Waals surface area contributed by atoms with Crippen molar-refractivity contribution in [3.05, 3.63) is 29.8 Å². The summed E-state index contributed by atoms with van der Waals surface area (Å²) in [7, 11) is 0. The van der Waals surface area contributed by atoms with Crippen LogP contribution >= 0.6 is 0 Å². The Bertz CT molecular complexity index is 335. The number of para-hydroxylation sites is 1. The van der Waals surface area contributed by atoms with Crippen molar-refractivity contribution in [3.8, 4) is 5.75 Å². The highest BCUT2D eigenvalue weighted by Gasteiger charge is 2.28. The van der Waals surface area contributed by atoms with Gasteiger partial charge in [0.1, 0.15) is 5.75 Å². The Kier molecular flexibility index (Phi) is 2.96. The van der Waals surface area contributed by atoms with Gasteiger partial charge in [-0.05, 0) is 13.0 Å². The minimum absolute atomic E-state index is 0.466. The van der Waals surface area contributed by atoms with E-state index in [0.717, 1.165) is 12.4 Å². The first-order chi connectivity index (χ1) is 7.18. The molecule has 2 rings (SSSR count). The van der Waals surface area contributed by atoms with Gasteiger partial charge in [0, 0.05) is 23.6 Å². The first-order valence-electron chi connectivity index (χ1n) is 5.66. The first kappa shape index (κ1) is 10.5. The Morgan fingerprint density at radius 2 is 2.00 bits per heavy atom. The van der Waals surface area contributed by atoms with Gasteiger partial charge in [0.15, 0.2) is 0 Å². The Morgan fingerprint density at radius 1 is 1.27 bits per heavy atom. The Balaban J connectivity index is 2.13. The minimum atomic E-state index is 0.466. The number of rotatable bonds is 3. The fourth-order valence-electron chi connectivity index (χ4n) is 2.24. The van der Waals surface area contributed by atoms with E-state index in [9.17, 15) is 0 Å². The predicted molar refractivity (Wildman–Crippen MR) is 62.4 cm³/mol. The fraction of sp³-hybridized carbons (Fsp3) is 0.538. The summed E-state index contributed by atoms with van der Waals surface area (Å²) in [6.07, 6.45) is 0.